The van der Waals surface area contributed by atoms with Gasteiger partial charge in [-0.15, -0.1) is 0 Å². The van der Waals surface area contributed by atoms with Crippen LogP contribution in [0.3, 0.4) is 0 Å². The maximum atomic E-state index is 9.64. The topological polar surface area (TPSA) is 134 Å². The van der Waals surface area contributed by atoms with E-state index in [2.05, 4.69) is 4.99 Å². The number of aliphatic carboxylic acids is 1. The molecule has 0 aliphatic heterocycles. The zero-order valence-corrected chi connectivity index (χ0v) is 9.63. The predicted molar refractivity (Wildman–Crippen MR) is 60.9 cm³/mol. The monoisotopic (exact) mass is 246 g/mol. The molecule has 7 heteroatoms. The Balaban J connectivity index is 0. The van der Waals surface area contributed by atoms with Crippen LogP contribution in [0.1, 0.15) is 13.3 Å². The molecule has 0 fully saturated rings. The molecule has 0 aliphatic rings. The van der Waals surface area contributed by atoms with E-state index >= 15 is 0 Å². The molecule has 0 saturated carbocycles. The van der Waals surface area contributed by atoms with Crippen molar-refractivity contribution in [3.8, 4) is 0 Å². The van der Waals surface area contributed by atoms with Gasteiger partial charge in [0.05, 0.1) is 25.8 Å². The Morgan fingerprint density at radius 1 is 1.35 bits per heavy atom. The van der Waals surface area contributed by atoms with E-state index in [1.165, 1.54) is 0 Å². The van der Waals surface area contributed by atoms with Crippen molar-refractivity contribution in [1.29, 1.82) is 5.41 Å². The Labute approximate surface area is 99.3 Å². The van der Waals surface area contributed by atoms with Gasteiger partial charge in [0.1, 0.15) is 0 Å². The highest BCUT2D eigenvalue weighted by Crippen LogP contribution is 2.18. The predicted octanol–water partition coefficient (Wildman–Crippen LogP) is -0.303. The van der Waals surface area contributed by atoms with E-state index in [9.17, 15) is 4.79 Å². The first kappa shape index (κ1) is 17.9. The summed E-state index contributed by atoms with van der Waals surface area (Å²) in [5, 5.41) is 40.1. The number of aliphatic hydroxyl groups excluding tert-OH is 3. The molecule has 7 nitrogen and oxygen atoms in total. The van der Waals surface area contributed by atoms with Crippen LogP contribution < -0.4 is 0 Å². The van der Waals surface area contributed by atoms with Crippen LogP contribution in [0.15, 0.2) is 17.3 Å². The first-order valence-electron chi connectivity index (χ1n) is 4.85. The van der Waals surface area contributed by atoms with Crippen LogP contribution in [-0.4, -0.2) is 52.2 Å². The van der Waals surface area contributed by atoms with E-state index in [4.69, 9.17) is 25.8 Å². The zero-order chi connectivity index (χ0) is 13.7. The molecule has 0 rings (SSSR count). The number of carboxylic acid groups (broad SMARTS) is 1. The molecule has 0 radical (unpaired) electrons. The molecule has 0 saturated heterocycles. The van der Waals surface area contributed by atoms with E-state index in [1.807, 2.05) is 6.92 Å². The summed E-state index contributed by atoms with van der Waals surface area (Å²) < 4.78 is 0. The van der Waals surface area contributed by atoms with Crippen molar-refractivity contribution in [2.45, 2.75) is 13.3 Å². The van der Waals surface area contributed by atoms with Crippen molar-refractivity contribution in [3.05, 3.63) is 12.3 Å². The second-order valence-corrected chi connectivity index (χ2v) is 3.22. The number of hydrogen-bond acceptors (Lipinski definition) is 6. The molecular weight excluding hydrogens is 228 g/mol. The summed E-state index contributed by atoms with van der Waals surface area (Å²) in [6.07, 6.45) is 2.40. The largest absolute Gasteiger partial charge is 0.478 e. The first-order chi connectivity index (χ1) is 8.01. The maximum Gasteiger partial charge on any atom is 0.329 e. The van der Waals surface area contributed by atoms with Crippen LogP contribution in [0.25, 0.3) is 0 Å². The Morgan fingerprint density at radius 3 is 2.00 bits per heavy atom. The highest BCUT2D eigenvalue weighted by Gasteiger charge is 2.24. The van der Waals surface area contributed by atoms with Gasteiger partial charge in [-0.25, -0.2) is 10.2 Å². The van der Waals surface area contributed by atoms with Crippen LogP contribution >= 0.6 is 0 Å². The number of nitrogens with one attached hydrogen (secondary N) is 1. The fourth-order valence-electron chi connectivity index (χ4n) is 0.624. The summed E-state index contributed by atoms with van der Waals surface area (Å²) in [6, 6.07) is 1.65. The van der Waals surface area contributed by atoms with E-state index in [-0.39, 0.29) is 19.8 Å². The lowest BCUT2D eigenvalue weighted by Crippen LogP contribution is -2.32. The number of rotatable bonds is 6. The lowest BCUT2D eigenvalue weighted by Gasteiger charge is -2.24. The van der Waals surface area contributed by atoms with Gasteiger partial charge in [0, 0.05) is 17.7 Å². The summed E-state index contributed by atoms with van der Waals surface area (Å²) in [7, 11) is 0. The van der Waals surface area contributed by atoms with Gasteiger partial charge in [0.25, 0.3) is 0 Å². The number of carbonyl (C=O) groups is 1. The Bertz CT molecular complexity index is 259. The smallest absolute Gasteiger partial charge is 0.329 e. The third kappa shape index (κ3) is 9.40. The summed E-state index contributed by atoms with van der Waals surface area (Å²) >= 11 is 0. The molecule has 0 bridgehead atoms. The van der Waals surface area contributed by atoms with Gasteiger partial charge in [-0.1, -0.05) is 6.92 Å². The molecule has 98 valence electrons. The fraction of sp³-hybridized carbons (Fsp3) is 0.600. The minimum absolute atomic E-state index is 0.156. The van der Waals surface area contributed by atoms with Crippen molar-refractivity contribution in [3.63, 3.8) is 0 Å². The number of carboxylic acids is 1. The van der Waals surface area contributed by atoms with Crippen LogP contribution in [0, 0.1) is 10.8 Å². The summed E-state index contributed by atoms with van der Waals surface area (Å²) in [5.74, 6) is -1.08. The molecular formula is C10H18N2O5. The van der Waals surface area contributed by atoms with Gasteiger partial charge in [-0.2, -0.15) is 4.99 Å². The molecule has 5 N–H and O–H groups in total. The lowest BCUT2D eigenvalue weighted by molar-refractivity contribution is -0.131. The second-order valence-electron chi connectivity index (χ2n) is 3.22. The highest BCUT2D eigenvalue weighted by molar-refractivity contribution is 5.79. The molecule has 0 unspecified atom stereocenters. The van der Waals surface area contributed by atoms with Crippen molar-refractivity contribution in [1.82, 2.24) is 0 Å². The van der Waals surface area contributed by atoms with Gasteiger partial charge in [-0.3, -0.25) is 0 Å². The highest BCUT2D eigenvalue weighted by atomic mass is 16.4. The van der Waals surface area contributed by atoms with Crippen LogP contribution in [0.4, 0.5) is 0 Å². The average molecular weight is 246 g/mol. The van der Waals surface area contributed by atoms with Crippen molar-refractivity contribution in [2.75, 3.05) is 19.8 Å². The minimum Gasteiger partial charge on any atom is -0.478 e. The second kappa shape index (κ2) is 11.0. The third-order valence-electron chi connectivity index (χ3n) is 2.11. The van der Waals surface area contributed by atoms with Gasteiger partial charge < -0.3 is 20.4 Å². The SMILES string of the molecule is CCC(CO)(CO)CO.N=C=NC=CC(=O)O. The standard InChI is InChI=1S/C6H14O3.C4H4N2O2/c1-2-6(3-7,4-8)5-9;5-3-6-2-1-4(7)8/h7-9H,2-5H2,1H3;1-2,5H,(H,7,8). The molecule has 0 aliphatic carbocycles. The molecule has 0 aromatic heterocycles. The Hall–Kier alpha value is -1.53. The lowest BCUT2D eigenvalue weighted by atomic mass is 9.88. The molecule has 0 heterocycles. The minimum atomic E-state index is -1.08. The van der Waals surface area contributed by atoms with Crippen LogP contribution in [0.2, 0.25) is 0 Å². The molecule has 0 amide bonds. The van der Waals surface area contributed by atoms with Gasteiger partial charge in [0.15, 0.2) is 0 Å². The van der Waals surface area contributed by atoms with Gasteiger partial charge in [0.2, 0.25) is 0 Å². The zero-order valence-electron chi connectivity index (χ0n) is 9.63. The first-order valence-corrected chi connectivity index (χ1v) is 4.85. The van der Waals surface area contributed by atoms with E-state index in [0.717, 1.165) is 12.3 Å². The van der Waals surface area contributed by atoms with Crippen molar-refractivity contribution < 1.29 is 25.2 Å². The number of aliphatic imine (C=N–C) groups is 1. The summed E-state index contributed by atoms with van der Waals surface area (Å²) in [5.41, 5.74) is -0.667. The number of hydrogen-bond donors (Lipinski definition) is 5. The Morgan fingerprint density at radius 2 is 1.82 bits per heavy atom. The van der Waals surface area contributed by atoms with Gasteiger partial charge >= 0.3 is 5.97 Å². The van der Waals surface area contributed by atoms with E-state index in [1.54, 1.807) is 6.01 Å². The van der Waals surface area contributed by atoms with Crippen LogP contribution in [0.5, 0.6) is 0 Å². The molecule has 0 atom stereocenters. The maximum absolute atomic E-state index is 9.64. The summed E-state index contributed by atoms with van der Waals surface area (Å²) in [6.45, 7) is 1.35. The number of aliphatic hydroxyl groups is 3. The third-order valence-corrected chi connectivity index (χ3v) is 2.11. The Kier molecular flexibility index (Phi) is 11.5. The molecule has 0 spiro atoms. The summed E-state index contributed by atoms with van der Waals surface area (Å²) in [4.78, 5) is 12.7. The quantitative estimate of drug-likeness (QED) is 0.324. The number of nitrogens with zero attached hydrogens (tertiary/aromatic N) is 1. The van der Waals surface area contributed by atoms with E-state index in [0.29, 0.717) is 6.42 Å². The molecule has 17 heavy (non-hydrogen) atoms. The van der Waals surface area contributed by atoms with Crippen molar-refractivity contribution >= 4 is 12.0 Å². The van der Waals surface area contributed by atoms with Crippen molar-refractivity contribution in [2.24, 2.45) is 10.4 Å². The normalized spacial score (nSPS) is 10.4. The fourth-order valence-corrected chi connectivity index (χ4v) is 0.624. The molecule has 0 aromatic rings. The van der Waals surface area contributed by atoms with E-state index < -0.39 is 11.4 Å². The molecule has 0 aromatic carbocycles. The van der Waals surface area contributed by atoms with Crippen LogP contribution in [-0.2, 0) is 4.79 Å². The van der Waals surface area contributed by atoms with Gasteiger partial charge in [-0.05, 0) is 6.42 Å². The average Bonchev–Trinajstić information content (AvgIpc) is 2.34.